The molecule has 2 aromatic rings. The zero-order valence-corrected chi connectivity index (χ0v) is 14.7. The number of nitrogens with one attached hydrogen (secondary N) is 1. The number of hydrogen-bond donors (Lipinski definition) is 1. The van der Waals surface area contributed by atoms with Crippen molar-refractivity contribution in [3.05, 3.63) is 45.7 Å². The topological polar surface area (TPSA) is 29.9 Å². The lowest BCUT2D eigenvalue weighted by Crippen LogP contribution is -2.31. The lowest BCUT2D eigenvalue weighted by atomic mass is 10.2. The first-order chi connectivity index (χ1) is 10.0. The highest BCUT2D eigenvalue weighted by molar-refractivity contribution is 7.99. The number of thioether (sulfide) groups is 1. The minimum Gasteiger partial charge on any atom is -0.316 e. The molecule has 0 fully saturated rings. The van der Waals surface area contributed by atoms with Crippen molar-refractivity contribution in [2.24, 2.45) is 7.05 Å². The Morgan fingerprint density at radius 3 is 2.62 bits per heavy atom. The molecule has 0 aliphatic rings. The molecule has 1 atom stereocenters. The summed E-state index contributed by atoms with van der Waals surface area (Å²) in [5.74, 6) is 0.917. The maximum Gasteiger partial charge on any atom is 0.0847 e. The van der Waals surface area contributed by atoms with Gasteiger partial charge in [-0.15, -0.1) is 11.8 Å². The van der Waals surface area contributed by atoms with Gasteiger partial charge in [0.15, 0.2) is 0 Å². The third kappa shape index (κ3) is 4.16. The Morgan fingerprint density at radius 1 is 1.33 bits per heavy atom. The van der Waals surface area contributed by atoms with E-state index in [1.165, 1.54) is 0 Å². The number of likely N-dealkylation sites (N-methyl/N-ethyl adjacent to an activating group) is 1. The number of benzene rings is 1. The molecule has 114 valence electrons. The van der Waals surface area contributed by atoms with Crippen molar-refractivity contribution in [2.45, 2.75) is 24.3 Å². The molecule has 0 bridgehead atoms. The largest absolute Gasteiger partial charge is 0.316 e. The minimum atomic E-state index is 0.304. The van der Waals surface area contributed by atoms with Gasteiger partial charge >= 0.3 is 0 Å². The molecule has 1 aromatic heterocycles. The van der Waals surface area contributed by atoms with Crippen LogP contribution >= 0.6 is 35.0 Å². The summed E-state index contributed by atoms with van der Waals surface area (Å²) in [6, 6.07) is 8.21. The van der Waals surface area contributed by atoms with Crippen molar-refractivity contribution >= 4 is 35.0 Å². The van der Waals surface area contributed by atoms with Crippen LogP contribution in [0.15, 0.2) is 29.2 Å². The second-order valence-corrected chi connectivity index (χ2v) is 6.75. The highest BCUT2D eigenvalue weighted by Gasteiger charge is 2.16. The molecular weight excluding hydrogens is 325 g/mol. The second-order valence-electron chi connectivity index (χ2n) is 4.90. The van der Waals surface area contributed by atoms with Crippen molar-refractivity contribution in [3.8, 4) is 0 Å². The van der Waals surface area contributed by atoms with Gasteiger partial charge < -0.3 is 5.32 Å². The Bertz CT molecular complexity index is 613. The minimum absolute atomic E-state index is 0.304. The number of aromatic nitrogens is 2. The first-order valence-electron chi connectivity index (χ1n) is 6.75. The van der Waals surface area contributed by atoms with Crippen LogP contribution in [0, 0.1) is 6.92 Å². The molecule has 1 unspecified atom stereocenters. The van der Waals surface area contributed by atoms with E-state index in [4.69, 9.17) is 23.2 Å². The summed E-state index contributed by atoms with van der Waals surface area (Å²) in [4.78, 5) is 1.10. The predicted molar refractivity (Wildman–Crippen MR) is 91.7 cm³/mol. The molecule has 0 radical (unpaired) electrons. The smallest absolute Gasteiger partial charge is 0.0847 e. The van der Waals surface area contributed by atoms with Crippen LogP contribution in [-0.2, 0) is 13.5 Å². The molecule has 0 aliphatic carbocycles. The number of rotatable bonds is 6. The molecule has 0 spiro atoms. The van der Waals surface area contributed by atoms with Crippen LogP contribution in [0.2, 0.25) is 10.0 Å². The molecule has 0 saturated carbocycles. The van der Waals surface area contributed by atoms with Crippen LogP contribution in [0.3, 0.4) is 0 Å². The van der Waals surface area contributed by atoms with Crippen molar-refractivity contribution < 1.29 is 0 Å². The molecule has 0 amide bonds. The summed E-state index contributed by atoms with van der Waals surface area (Å²) in [5.41, 5.74) is 1.94. The number of aryl methyl sites for hydroxylation is 2. The number of hydrogen-bond acceptors (Lipinski definition) is 3. The lowest BCUT2D eigenvalue weighted by Gasteiger charge is -2.16. The van der Waals surface area contributed by atoms with Gasteiger partial charge in [0.05, 0.1) is 21.4 Å². The molecule has 0 saturated heterocycles. The maximum absolute atomic E-state index is 6.32. The van der Waals surface area contributed by atoms with Gasteiger partial charge in [-0.05, 0) is 26.1 Å². The molecule has 2 rings (SSSR count). The van der Waals surface area contributed by atoms with Gasteiger partial charge in [-0.3, -0.25) is 4.68 Å². The van der Waals surface area contributed by atoms with Gasteiger partial charge in [-0.2, -0.15) is 5.10 Å². The van der Waals surface area contributed by atoms with Crippen LogP contribution in [0.1, 0.15) is 11.4 Å². The van der Waals surface area contributed by atoms with Gasteiger partial charge in [-0.1, -0.05) is 35.3 Å². The molecule has 21 heavy (non-hydrogen) atoms. The van der Waals surface area contributed by atoms with Gasteiger partial charge in [-0.25, -0.2) is 0 Å². The third-order valence-electron chi connectivity index (χ3n) is 3.39. The average Bonchev–Trinajstić information content (AvgIpc) is 2.70. The second kappa shape index (κ2) is 7.54. The van der Waals surface area contributed by atoms with E-state index in [1.807, 2.05) is 50.0 Å². The monoisotopic (exact) mass is 343 g/mol. The molecule has 1 heterocycles. The molecule has 6 heteroatoms. The Morgan fingerprint density at radius 2 is 2.05 bits per heavy atom. The molecule has 0 aliphatic heterocycles. The molecule has 1 aromatic carbocycles. The summed E-state index contributed by atoms with van der Waals surface area (Å²) in [5, 5.41) is 9.26. The fourth-order valence-electron chi connectivity index (χ4n) is 2.13. The number of halogens is 2. The van der Waals surface area contributed by atoms with Crippen LogP contribution in [0.4, 0.5) is 0 Å². The van der Waals surface area contributed by atoms with E-state index in [9.17, 15) is 0 Å². The summed E-state index contributed by atoms with van der Waals surface area (Å²) < 4.78 is 1.86. The highest BCUT2D eigenvalue weighted by atomic mass is 35.5. The summed E-state index contributed by atoms with van der Waals surface area (Å²) in [6.45, 7) is 1.93. The molecule has 1 N–H and O–H groups in total. The molecule has 3 nitrogen and oxygen atoms in total. The zero-order valence-electron chi connectivity index (χ0n) is 12.4. The van der Waals surface area contributed by atoms with E-state index >= 15 is 0 Å². The quantitative estimate of drug-likeness (QED) is 0.805. The van der Waals surface area contributed by atoms with Crippen molar-refractivity contribution in [1.29, 1.82) is 0 Å². The molecular formula is C15H19Cl2N3S. The zero-order chi connectivity index (χ0) is 15.4. The van der Waals surface area contributed by atoms with Crippen molar-refractivity contribution in [3.63, 3.8) is 0 Å². The standard InChI is InChI=1S/C15H19Cl2N3S/c1-10-15(17)13(20(3)19-10)8-11(18-2)9-21-14-7-5-4-6-12(14)16/h4-7,11,18H,8-9H2,1-3H3. The summed E-state index contributed by atoms with van der Waals surface area (Å²) >= 11 is 14.3. The Labute approximate surface area is 140 Å². The Hall–Kier alpha value is -0.680. The highest BCUT2D eigenvalue weighted by Crippen LogP contribution is 2.28. The fraction of sp³-hybridized carbons (Fsp3) is 0.400. The first-order valence-corrected chi connectivity index (χ1v) is 8.49. The third-order valence-corrected chi connectivity index (χ3v) is 5.56. The van der Waals surface area contributed by atoms with E-state index in [-0.39, 0.29) is 0 Å². The van der Waals surface area contributed by atoms with Crippen molar-refractivity contribution in [2.75, 3.05) is 12.8 Å². The van der Waals surface area contributed by atoms with Crippen LogP contribution in [0.5, 0.6) is 0 Å². The average molecular weight is 344 g/mol. The van der Waals surface area contributed by atoms with E-state index in [0.717, 1.165) is 38.5 Å². The predicted octanol–water partition coefficient (Wildman–Crippen LogP) is 3.96. The normalized spacial score (nSPS) is 12.6. The fourth-order valence-corrected chi connectivity index (χ4v) is 3.71. The van der Waals surface area contributed by atoms with Gasteiger partial charge in [0.25, 0.3) is 0 Å². The Kier molecular flexibility index (Phi) is 5.99. The van der Waals surface area contributed by atoms with Crippen LogP contribution in [0.25, 0.3) is 0 Å². The summed E-state index contributed by atoms with van der Waals surface area (Å²) in [6.07, 6.45) is 0.837. The van der Waals surface area contributed by atoms with Crippen LogP contribution in [-0.4, -0.2) is 28.6 Å². The van der Waals surface area contributed by atoms with E-state index < -0.39 is 0 Å². The summed E-state index contributed by atoms with van der Waals surface area (Å²) in [7, 11) is 3.90. The van der Waals surface area contributed by atoms with Gasteiger partial charge in [0, 0.05) is 30.2 Å². The first kappa shape index (κ1) is 16.7. The van der Waals surface area contributed by atoms with Crippen LogP contribution < -0.4 is 5.32 Å². The lowest BCUT2D eigenvalue weighted by molar-refractivity contribution is 0.582. The van der Waals surface area contributed by atoms with Crippen molar-refractivity contribution in [1.82, 2.24) is 15.1 Å². The SMILES string of the molecule is CNC(CSc1ccccc1Cl)Cc1c(Cl)c(C)nn1C. The van der Waals surface area contributed by atoms with Gasteiger partial charge in [0.2, 0.25) is 0 Å². The van der Waals surface area contributed by atoms with E-state index in [0.29, 0.717) is 6.04 Å². The van der Waals surface area contributed by atoms with Gasteiger partial charge in [0.1, 0.15) is 0 Å². The Balaban J connectivity index is 2.02. The van der Waals surface area contributed by atoms with E-state index in [1.54, 1.807) is 11.8 Å². The maximum atomic E-state index is 6.32. The van der Waals surface area contributed by atoms with E-state index in [2.05, 4.69) is 10.4 Å². The number of nitrogens with zero attached hydrogens (tertiary/aromatic N) is 2.